The highest BCUT2D eigenvalue weighted by Gasteiger charge is 2.44. The van der Waals surface area contributed by atoms with Crippen molar-refractivity contribution in [2.24, 2.45) is 0 Å². The van der Waals surface area contributed by atoms with Crippen molar-refractivity contribution >= 4 is 5.91 Å². The van der Waals surface area contributed by atoms with Gasteiger partial charge in [0.2, 0.25) is 5.91 Å². The predicted octanol–water partition coefficient (Wildman–Crippen LogP) is 7.61. The zero-order chi connectivity index (χ0) is 36.0. The van der Waals surface area contributed by atoms with E-state index in [9.17, 15) is 30.3 Å². The van der Waals surface area contributed by atoms with Crippen molar-refractivity contribution < 1.29 is 39.8 Å². The van der Waals surface area contributed by atoms with Gasteiger partial charge in [-0.05, 0) is 12.8 Å². The van der Waals surface area contributed by atoms with Crippen molar-refractivity contribution in [2.75, 3.05) is 13.2 Å². The van der Waals surface area contributed by atoms with E-state index < -0.39 is 49.5 Å². The van der Waals surface area contributed by atoms with Crippen LogP contribution in [0, 0.1) is 0 Å². The van der Waals surface area contributed by atoms with Gasteiger partial charge < -0.3 is 40.3 Å². The molecule has 1 amide bonds. The van der Waals surface area contributed by atoms with Crippen molar-refractivity contribution in [3.63, 3.8) is 0 Å². The molecule has 1 aliphatic rings. The number of amides is 1. The van der Waals surface area contributed by atoms with E-state index in [0.717, 1.165) is 44.9 Å². The van der Waals surface area contributed by atoms with Crippen molar-refractivity contribution in [1.82, 2.24) is 5.32 Å². The topological polar surface area (TPSA) is 149 Å². The lowest BCUT2D eigenvalue weighted by atomic mass is 9.99. The number of unbranched alkanes of at least 4 members (excludes halogenated alkanes) is 24. The van der Waals surface area contributed by atoms with E-state index in [1.54, 1.807) is 0 Å². The summed E-state index contributed by atoms with van der Waals surface area (Å²) in [5.41, 5.74) is 0. The summed E-state index contributed by atoms with van der Waals surface area (Å²) in [4.78, 5) is 12.6. The normalized spacial score (nSPS) is 22.3. The van der Waals surface area contributed by atoms with Crippen molar-refractivity contribution in [1.29, 1.82) is 0 Å². The first kappa shape index (κ1) is 46.2. The fraction of sp³-hybridized carbons (Fsp3) is 0.975. The maximum Gasteiger partial charge on any atom is 0.220 e. The minimum Gasteiger partial charge on any atom is -0.394 e. The van der Waals surface area contributed by atoms with Gasteiger partial charge in [-0.1, -0.05) is 174 Å². The minimum atomic E-state index is -1.54. The molecule has 1 heterocycles. The van der Waals surface area contributed by atoms with Crippen LogP contribution in [0.1, 0.15) is 194 Å². The molecule has 9 heteroatoms. The molecule has 0 aromatic carbocycles. The van der Waals surface area contributed by atoms with E-state index in [0.29, 0.717) is 12.8 Å². The number of hydrogen-bond donors (Lipinski definition) is 6. The lowest BCUT2D eigenvalue weighted by Gasteiger charge is -2.40. The summed E-state index contributed by atoms with van der Waals surface area (Å²) in [5, 5.41) is 53.8. The molecule has 1 rings (SSSR count). The maximum atomic E-state index is 12.6. The summed E-state index contributed by atoms with van der Waals surface area (Å²) < 4.78 is 11.1. The minimum absolute atomic E-state index is 0.135. The number of carbonyl (C=O) groups excluding carboxylic acids is 1. The van der Waals surface area contributed by atoms with Crippen LogP contribution in [-0.4, -0.2) is 87.5 Å². The third kappa shape index (κ3) is 23.4. The van der Waals surface area contributed by atoms with Gasteiger partial charge in [-0.15, -0.1) is 0 Å². The first-order valence-corrected chi connectivity index (χ1v) is 20.7. The van der Waals surface area contributed by atoms with Gasteiger partial charge in [-0.3, -0.25) is 4.79 Å². The van der Waals surface area contributed by atoms with E-state index >= 15 is 0 Å². The first-order valence-electron chi connectivity index (χ1n) is 20.7. The number of nitrogens with one attached hydrogen (secondary N) is 1. The van der Waals surface area contributed by atoms with Gasteiger partial charge in [0.15, 0.2) is 6.29 Å². The zero-order valence-corrected chi connectivity index (χ0v) is 31.7. The van der Waals surface area contributed by atoms with E-state index in [4.69, 9.17) is 9.47 Å². The van der Waals surface area contributed by atoms with Crippen molar-refractivity contribution in [2.45, 2.75) is 236 Å². The second-order valence-corrected chi connectivity index (χ2v) is 14.8. The van der Waals surface area contributed by atoms with Gasteiger partial charge >= 0.3 is 0 Å². The molecule has 0 aromatic heterocycles. The molecule has 1 saturated heterocycles. The third-order valence-corrected chi connectivity index (χ3v) is 10.2. The van der Waals surface area contributed by atoms with Crippen LogP contribution in [0.4, 0.5) is 0 Å². The summed E-state index contributed by atoms with van der Waals surface area (Å²) in [6.45, 7) is 3.71. The Bertz CT molecular complexity index is 741. The maximum absolute atomic E-state index is 12.6. The number of aliphatic hydroxyl groups is 5. The summed E-state index contributed by atoms with van der Waals surface area (Å²) >= 11 is 0. The Morgan fingerprint density at radius 1 is 0.612 bits per heavy atom. The zero-order valence-electron chi connectivity index (χ0n) is 31.7. The second kappa shape index (κ2) is 31.9. The smallest absolute Gasteiger partial charge is 0.220 e. The molecule has 0 spiro atoms. The molecule has 7 atom stereocenters. The Morgan fingerprint density at radius 3 is 1.45 bits per heavy atom. The predicted molar refractivity (Wildman–Crippen MR) is 198 cm³/mol. The fourth-order valence-corrected chi connectivity index (χ4v) is 6.81. The van der Waals surface area contributed by atoms with E-state index in [1.807, 2.05) is 0 Å². The van der Waals surface area contributed by atoms with Gasteiger partial charge in [-0.25, -0.2) is 0 Å². The highest BCUT2D eigenvalue weighted by Crippen LogP contribution is 2.23. The van der Waals surface area contributed by atoms with Crippen molar-refractivity contribution in [3.05, 3.63) is 0 Å². The molecule has 49 heavy (non-hydrogen) atoms. The van der Waals surface area contributed by atoms with Crippen LogP contribution >= 0.6 is 0 Å². The molecular weight excluding hydrogens is 622 g/mol. The largest absolute Gasteiger partial charge is 0.394 e. The van der Waals surface area contributed by atoms with Crippen molar-refractivity contribution in [3.8, 4) is 0 Å². The molecule has 1 aliphatic heterocycles. The molecule has 0 aliphatic carbocycles. The van der Waals surface area contributed by atoms with Crippen LogP contribution in [0.5, 0.6) is 0 Å². The fourth-order valence-electron chi connectivity index (χ4n) is 6.81. The van der Waals surface area contributed by atoms with Gasteiger partial charge in [0.1, 0.15) is 24.4 Å². The molecule has 0 aromatic rings. The Balaban J connectivity index is 2.17. The molecule has 1 fully saturated rings. The lowest BCUT2D eigenvalue weighted by molar-refractivity contribution is -0.302. The molecular formula is C40H79NO8. The summed E-state index contributed by atoms with van der Waals surface area (Å²) in [6, 6.07) is -0.707. The van der Waals surface area contributed by atoms with E-state index in [2.05, 4.69) is 19.2 Å². The second-order valence-electron chi connectivity index (χ2n) is 14.8. The Kier molecular flexibility index (Phi) is 30.1. The molecule has 9 nitrogen and oxygen atoms in total. The summed E-state index contributed by atoms with van der Waals surface area (Å²) in [7, 11) is 0. The molecule has 0 bridgehead atoms. The Morgan fingerprint density at radius 2 is 1.02 bits per heavy atom. The van der Waals surface area contributed by atoms with E-state index in [1.165, 1.54) is 122 Å². The number of ether oxygens (including phenoxy) is 2. The quantitative estimate of drug-likeness (QED) is 0.0376. The van der Waals surface area contributed by atoms with Crippen LogP contribution in [-0.2, 0) is 14.3 Å². The monoisotopic (exact) mass is 702 g/mol. The highest BCUT2D eigenvalue weighted by atomic mass is 16.7. The number of aliphatic hydroxyl groups excluding tert-OH is 5. The number of hydrogen-bond acceptors (Lipinski definition) is 8. The number of rotatable bonds is 34. The molecule has 0 saturated carbocycles. The number of carbonyl (C=O) groups is 1. The third-order valence-electron chi connectivity index (χ3n) is 10.2. The van der Waals surface area contributed by atoms with Gasteiger partial charge in [0.25, 0.3) is 0 Å². The van der Waals surface area contributed by atoms with Gasteiger partial charge in [0, 0.05) is 6.42 Å². The highest BCUT2D eigenvalue weighted by molar-refractivity contribution is 5.76. The molecule has 292 valence electrons. The van der Waals surface area contributed by atoms with Crippen LogP contribution < -0.4 is 5.32 Å². The van der Waals surface area contributed by atoms with Crippen LogP contribution in [0.2, 0.25) is 0 Å². The molecule has 0 radical (unpaired) electrons. The van der Waals surface area contributed by atoms with Crippen LogP contribution in [0.25, 0.3) is 0 Å². The standard InChI is InChI=1S/C40H79NO8/c1-3-5-7-9-10-11-12-13-14-15-16-17-18-19-20-21-22-23-24-25-26-27-29-34(43)33(41-36(44)30-28-8-6-4-2)32-48-40-39(47)38(46)37(45)35(31-42)49-40/h33-35,37-40,42-43,45-47H,3-32H2,1-2H3,(H,41,44). The first-order chi connectivity index (χ1) is 23.8. The summed E-state index contributed by atoms with van der Waals surface area (Å²) in [6.07, 6.45) is 26.1. The van der Waals surface area contributed by atoms with Gasteiger partial charge in [0.05, 0.1) is 25.4 Å². The van der Waals surface area contributed by atoms with Crippen LogP contribution in [0.3, 0.4) is 0 Å². The summed E-state index contributed by atoms with van der Waals surface area (Å²) in [5.74, 6) is -0.161. The van der Waals surface area contributed by atoms with Crippen LogP contribution in [0.15, 0.2) is 0 Å². The lowest BCUT2D eigenvalue weighted by Crippen LogP contribution is -2.60. The average Bonchev–Trinajstić information content (AvgIpc) is 3.10. The Labute approximate surface area is 300 Å². The molecule has 6 N–H and O–H groups in total. The van der Waals surface area contributed by atoms with Gasteiger partial charge in [-0.2, -0.15) is 0 Å². The SMILES string of the molecule is CCCCCCCCCCCCCCCCCCCCCCCCC(O)C(COC1OC(CO)C(O)C(O)C1O)NC(=O)CCCCCC. The van der Waals surface area contributed by atoms with E-state index in [-0.39, 0.29) is 12.5 Å². The average molecular weight is 702 g/mol. The molecule has 7 unspecified atom stereocenters. The Hall–Kier alpha value is -0.810.